The van der Waals surface area contributed by atoms with E-state index in [1.807, 2.05) is 102 Å². The van der Waals surface area contributed by atoms with E-state index in [1.54, 1.807) is 0 Å². The molecule has 0 spiro atoms. The third-order valence-corrected chi connectivity index (χ3v) is 6.70. The van der Waals surface area contributed by atoms with Crippen molar-refractivity contribution in [1.82, 2.24) is 14.8 Å². The Morgan fingerprint density at radius 3 is 2.39 bits per heavy atom. The molecule has 0 aliphatic heterocycles. The van der Waals surface area contributed by atoms with Crippen molar-refractivity contribution in [3.05, 3.63) is 107 Å². The number of rotatable bonds is 6. The average molecular weight is 470 g/mol. The lowest BCUT2D eigenvalue weighted by Gasteiger charge is -2.11. The molecule has 0 aliphatic rings. The Hall–Kier alpha value is -3.41. The van der Waals surface area contributed by atoms with E-state index in [4.69, 9.17) is 11.6 Å². The highest BCUT2D eigenvalue weighted by molar-refractivity contribution is 7.99. The minimum Gasteiger partial charge on any atom is -0.293 e. The van der Waals surface area contributed by atoms with Gasteiger partial charge in [0, 0.05) is 16.8 Å². The van der Waals surface area contributed by atoms with Crippen molar-refractivity contribution in [2.24, 2.45) is 0 Å². The van der Waals surface area contributed by atoms with Crippen LogP contribution in [-0.2, 0) is 0 Å². The summed E-state index contributed by atoms with van der Waals surface area (Å²) in [5.41, 5.74) is 3.56. The summed E-state index contributed by atoms with van der Waals surface area (Å²) in [6, 6.07) is 29.5. The van der Waals surface area contributed by atoms with E-state index in [0.717, 1.165) is 27.6 Å². The molecule has 1 aromatic heterocycles. The molecule has 33 heavy (non-hydrogen) atoms. The first-order valence-electron chi connectivity index (χ1n) is 10.5. The Labute approximate surface area is 201 Å². The molecule has 6 heteroatoms. The second kappa shape index (κ2) is 9.22. The predicted octanol–water partition coefficient (Wildman–Crippen LogP) is 7.02. The number of halogens is 1. The lowest BCUT2D eigenvalue weighted by molar-refractivity contribution is 0.102. The van der Waals surface area contributed by atoms with Crippen LogP contribution in [0.25, 0.3) is 27.8 Å². The first-order valence-corrected chi connectivity index (χ1v) is 11.9. The lowest BCUT2D eigenvalue weighted by Crippen LogP contribution is -2.05. The topological polar surface area (TPSA) is 47.8 Å². The van der Waals surface area contributed by atoms with Crippen molar-refractivity contribution in [3.63, 3.8) is 0 Å². The molecule has 0 bridgehead atoms. The fourth-order valence-corrected chi connectivity index (χ4v) is 4.75. The number of fused-ring (bicyclic) bond motifs is 1. The van der Waals surface area contributed by atoms with Gasteiger partial charge in [-0.3, -0.25) is 9.36 Å². The molecule has 4 aromatic carbocycles. The molecule has 0 N–H and O–H groups in total. The first kappa shape index (κ1) is 21.4. The summed E-state index contributed by atoms with van der Waals surface area (Å²) in [4.78, 5) is 13.0. The van der Waals surface area contributed by atoms with Crippen LogP contribution in [0.2, 0.25) is 5.02 Å². The third-order valence-electron chi connectivity index (χ3n) is 5.44. The van der Waals surface area contributed by atoms with Gasteiger partial charge in [0.2, 0.25) is 0 Å². The molecule has 0 saturated carbocycles. The number of aromatic nitrogens is 3. The SMILES string of the molecule is Cc1ccc(-n2c(SCC(=O)c3ccc4ccccc4c3)nnc2-c2ccccc2Cl)cc1. The second-order valence-electron chi connectivity index (χ2n) is 7.73. The Morgan fingerprint density at radius 1 is 0.879 bits per heavy atom. The standard InChI is InChI=1S/C27H20ClN3OS/c1-18-10-14-22(15-11-18)31-26(23-8-4-5-9-24(23)28)29-30-27(31)33-17-25(32)21-13-12-19-6-2-3-7-20(19)16-21/h2-16H,17H2,1H3. The molecule has 4 nitrogen and oxygen atoms in total. The van der Waals surface area contributed by atoms with Crippen LogP contribution in [0.4, 0.5) is 0 Å². The van der Waals surface area contributed by atoms with Crippen molar-refractivity contribution in [2.45, 2.75) is 12.1 Å². The number of ketones is 1. The van der Waals surface area contributed by atoms with E-state index >= 15 is 0 Å². The number of benzene rings is 4. The fraction of sp³-hybridized carbons (Fsp3) is 0.0741. The number of thioether (sulfide) groups is 1. The van der Waals surface area contributed by atoms with E-state index in [9.17, 15) is 4.79 Å². The van der Waals surface area contributed by atoms with Gasteiger partial charge in [0.05, 0.1) is 10.8 Å². The zero-order chi connectivity index (χ0) is 22.8. The van der Waals surface area contributed by atoms with Crippen LogP contribution < -0.4 is 0 Å². The first-order chi connectivity index (χ1) is 16.1. The molecule has 0 fully saturated rings. The molecule has 0 aliphatic carbocycles. The Bertz CT molecular complexity index is 1460. The smallest absolute Gasteiger partial charge is 0.196 e. The van der Waals surface area contributed by atoms with Crippen LogP contribution in [0.3, 0.4) is 0 Å². The largest absolute Gasteiger partial charge is 0.293 e. The highest BCUT2D eigenvalue weighted by Gasteiger charge is 2.19. The van der Waals surface area contributed by atoms with Crippen LogP contribution in [0, 0.1) is 6.92 Å². The van der Waals surface area contributed by atoms with Crippen molar-refractivity contribution in [2.75, 3.05) is 5.75 Å². The molecule has 1 heterocycles. The minimum atomic E-state index is 0.0449. The van der Waals surface area contributed by atoms with Gasteiger partial charge in [0.1, 0.15) is 0 Å². The molecule has 5 rings (SSSR count). The van der Waals surface area contributed by atoms with Gasteiger partial charge >= 0.3 is 0 Å². The molecule has 0 unspecified atom stereocenters. The molecule has 0 atom stereocenters. The third kappa shape index (κ3) is 4.42. The Kier molecular flexibility index (Phi) is 5.99. The summed E-state index contributed by atoms with van der Waals surface area (Å²) in [7, 11) is 0. The number of hydrogen-bond donors (Lipinski definition) is 0. The number of hydrogen-bond acceptors (Lipinski definition) is 4. The maximum atomic E-state index is 13.0. The summed E-state index contributed by atoms with van der Waals surface area (Å²) in [6.07, 6.45) is 0. The molecule has 0 saturated heterocycles. The van der Waals surface area contributed by atoms with E-state index < -0.39 is 0 Å². The lowest BCUT2D eigenvalue weighted by atomic mass is 10.1. The maximum Gasteiger partial charge on any atom is 0.196 e. The van der Waals surface area contributed by atoms with Crippen LogP contribution >= 0.6 is 23.4 Å². The monoisotopic (exact) mass is 469 g/mol. The summed E-state index contributed by atoms with van der Waals surface area (Å²) in [5.74, 6) is 0.943. The molecular formula is C27H20ClN3OS. The number of aryl methyl sites for hydroxylation is 1. The van der Waals surface area contributed by atoms with Crippen LogP contribution in [0.1, 0.15) is 15.9 Å². The molecule has 0 amide bonds. The second-order valence-corrected chi connectivity index (χ2v) is 9.08. The highest BCUT2D eigenvalue weighted by atomic mass is 35.5. The van der Waals surface area contributed by atoms with Gasteiger partial charge in [-0.2, -0.15) is 0 Å². The zero-order valence-corrected chi connectivity index (χ0v) is 19.5. The van der Waals surface area contributed by atoms with E-state index in [0.29, 0.717) is 21.6 Å². The van der Waals surface area contributed by atoms with Crippen molar-refractivity contribution < 1.29 is 4.79 Å². The van der Waals surface area contributed by atoms with Crippen LogP contribution in [0.5, 0.6) is 0 Å². The molecule has 0 radical (unpaired) electrons. The van der Waals surface area contributed by atoms with Crippen molar-refractivity contribution in [3.8, 4) is 17.1 Å². The summed E-state index contributed by atoms with van der Waals surface area (Å²) in [6.45, 7) is 2.04. The van der Waals surface area contributed by atoms with Gasteiger partial charge in [-0.05, 0) is 48.0 Å². The Balaban J connectivity index is 1.48. The van der Waals surface area contributed by atoms with E-state index in [-0.39, 0.29) is 11.5 Å². The average Bonchev–Trinajstić information content (AvgIpc) is 3.26. The number of carbonyl (C=O) groups excluding carboxylic acids is 1. The van der Waals surface area contributed by atoms with Crippen LogP contribution in [-0.4, -0.2) is 26.3 Å². The number of Topliss-reactive ketones (excluding diaryl/α,β-unsaturated/α-hetero) is 1. The summed E-state index contributed by atoms with van der Waals surface area (Å²) >= 11 is 7.84. The quantitative estimate of drug-likeness (QED) is 0.198. The zero-order valence-electron chi connectivity index (χ0n) is 17.9. The minimum absolute atomic E-state index is 0.0449. The van der Waals surface area contributed by atoms with Crippen LogP contribution in [0.15, 0.2) is 96.2 Å². The predicted molar refractivity (Wildman–Crippen MR) is 136 cm³/mol. The van der Waals surface area contributed by atoms with Crippen molar-refractivity contribution >= 4 is 39.9 Å². The van der Waals surface area contributed by atoms with Gasteiger partial charge in [0.25, 0.3) is 0 Å². The van der Waals surface area contributed by atoms with Gasteiger partial charge in [-0.25, -0.2) is 0 Å². The fourth-order valence-electron chi connectivity index (χ4n) is 3.68. The molecular weight excluding hydrogens is 450 g/mol. The Morgan fingerprint density at radius 2 is 1.61 bits per heavy atom. The van der Waals surface area contributed by atoms with Gasteiger partial charge in [-0.1, -0.05) is 89.6 Å². The number of nitrogens with zero attached hydrogens (tertiary/aromatic N) is 3. The van der Waals surface area contributed by atoms with Gasteiger partial charge in [-0.15, -0.1) is 10.2 Å². The van der Waals surface area contributed by atoms with E-state index in [1.165, 1.54) is 11.8 Å². The summed E-state index contributed by atoms with van der Waals surface area (Å²) < 4.78 is 1.96. The summed E-state index contributed by atoms with van der Waals surface area (Å²) in [5, 5.41) is 12.3. The van der Waals surface area contributed by atoms with E-state index in [2.05, 4.69) is 10.2 Å². The van der Waals surface area contributed by atoms with Crippen molar-refractivity contribution in [1.29, 1.82) is 0 Å². The van der Waals surface area contributed by atoms with Gasteiger partial charge < -0.3 is 0 Å². The molecule has 5 aromatic rings. The normalized spacial score (nSPS) is 11.1. The van der Waals surface area contributed by atoms with Gasteiger partial charge in [0.15, 0.2) is 16.8 Å². The molecule has 162 valence electrons. The highest BCUT2D eigenvalue weighted by Crippen LogP contribution is 2.32. The number of carbonyl (C=O) groups is 1. The maximum absolute atomic E-state index is 13.0.